The summed E-state index contributed by atoms with van der Waals surface area (Å²) in [6, 6.07) is 17.7. The van der Waals surface area contributed by atoms with Crippen LogP contribution >= 0.6 is 0 Å². The van der Waals surface area contributed by atoms with Crippen molar-refractivity contribution in [3.63, 3.8) is 0 Å². The van der Waals surface area contributed by atoms with Crippen molar-refractivity contribution in [3.05, 3.63) is 71.8 Å². The highest BCUT2D eigenvalue weighted by atomic mass is 16.5. The Morgan fingerprint density at radius 3 is 1.88 bits per heavy atom. The predicted octanol–water partition coefficient (Wildman–Crippen LogP) is 4.70. The quantitative estimate of drug-likeness (QED) is 0.320. The maximum absolute atomic E-state index is 14.6. The first kappa shape index (κ1) is 33.3. The van der Waals surface area contributed by atoms with E-state index in [-0.39, 0.29) is 37.5 Å². The Morgan fingerprint density at radius 2 is 1.39 bits per heavy atom. The number of methoxy groups -OCH3 is 1. The van der Waals surface area contributed by atoms with Crippen molar-refractivity contribution in [1.82, 2.24) is 15.5 Å². The van der Waals surface area contributed by atoms with Gasteiger partial charge in [-0.05, 0) is 28.9 Å². The topological polar surface area (TPSA) is 114 Å². The summed E-state index contributed by atoms with van der Waals surface area (Å²) in [6.07, 6.45) is -0.124. The molecular formula is C32H45N3O6. The molecule has 0 spiro atoms. The van der Waals surface area contributed by atoms with Crippen LogP contribution in [0, 0.1) is 17.8 Å². The second-order valence-corrected chi connectivity index (χ2v) is 10.9. The smallest absolute Gasteiger partial charge is 0.408 e. The van der Waals surface area contributed by atoms with Gasteiger partial charge in [0, 0.05) is 6.54 Å². The minimum absolute atomic E-state index is 0.0552. The number of carbonyl (C=O) groups excluding carboxylic acids is 4. The number of nitrogens with zero attached hydrogens (tertiary/aromatic N) is 1. The summed E-state index contributed by atoms with van der Waals surface area (Å²) >= 11 is 0. The third-order valence-electron chi connectivity index (χ3n) is 7.61. The van der Waals surface area contributed by atoms with E-state index in [0.717, 1.165) is 11.1 Å². The van der Waals surface area contributed by atoms with E-state index in [9.17, 15) is 19.2 Å². The Bertz CT molecular complexity index is 1130. The minimum atomic E-state index is -1.36. The Labute approximate surface area is 244 Å². The number of esters is 1. The maximum Gasteiger partial charge on any atom is 0.408 e. The van der Waals surface area contributed by atoms with Crippen molar-refractivity contribution in [2.45, 2.75) is 72.7 Å². The normalized spacial score (nSPS) is 12.8. The van der Waals surface area contributed by atoms with Crippen LogP contribution in [0.1, 0.15) is 59.1 Å². The lowest BCUT2D eigenvalue weighted by molar-refractivity contribution is -0.159. The molecule has 0 bridgehead atoms. The molecule has 41 heavy (non-hydrogen) atoms. The molecule has 2 aromatic rings. The number of nitrogens with one attached hydrogen (secondary N) is 2. The van der Waals surface area contributed by atoms with Crippen molar-refractivity contribution in [3.8, 4) is 0 Å². The second kappa shape index (κ2) is 15.8. The van der Waals surface area contributed by atoms with E-state index in [0.29, 0.717) is 6.42 Å². The van der Waals surface area contributed by atoms with E-state index in [1.165, 1.54) is 7.11 Å². The van der Waals surface area contributed by atoms with Crippen LogP contribution in [0.2, 0.25) is 0 Å². The van der Waals surface area contributed by atoms with Crippen LogP contribution in [-0.4, -0.2) is 54.0 Å². The molecule has 0 aromatic heterocycles. The first-order valence-electron chi connectivity index (χ1n) is 14.2. The molecule has 0 aliphatic rings. The first-order chi connectivity index (χ1) is 19.5. The average Bonchev–Trinajstić information content (AvgIpc) is 2.97. The second-order valence-electron chi connectivity index (χ2n) is 10.9. The van der Waals surface area contributed by atoms with Gasteiger partial charge in [-0.3, -0.25) is 14.4 Å². The molecule has 2 aromatic carbocycles. The molecule has 0 aliphatic heterocycles. The van der Waals surface area contributed by atoms with E-state index in [4.69, 9.17) is 9.47 Å². The summed E-state index contributed by atoms with van der Waals surface area (Å²) in [4.78, 5) is 55.1. The Balaban J connectivity index is 2.53. The third kappa shape index (κ3) is 8.55. The SMILES string of the molecule is CC[C@H](C)[C@H](NC(=O)OCc1ccccc1)C(=O)N(Cc1ccccc1)C(C(=O)NCC(=O)OC)(C(C)C)C(C)C. The fourth-order valence-electron chi connectivity index (χ4n) is 5.20. The molecule has 2 rings (SSSR count). The summed E-state index contributed by atoms with van der Waals surface area (Å²) < 4.78 is 10.2. The van der Waals surface area contributed by atoms with Crippen LogP contribution in [0.4, 0.5) is 4.79 Å². The summed E-state index contributed by atoms with van der Waals surface area (Å²) in [7, 11) is 1.25. The van der Waals surface area contributed by atoms with E-state index in [2.05, 4.69) is 10.6 Å². The van der Waals surface area contributed by atoms with Gasteiger partial charge in [0.1, 0.15) is 24.7 Å². The van der Waals surface area contributed by atoms with Gasteiger partial charge in [-0.1, -0.05) is 109 Å². The highest BCUT2D eigenvalue weighted by Gasteiger charge is 2.53. The van der Waals surface area contributed by atoms with Crippen molar-refractivity contribution >= 4 is 23.9 Å². The van der Waals surface area contributed by atoms with Crippen molar-refractivity contribution in [1.29, 1.82) is 0 Å². The van der Waals surface area contributed by atoms with Gasteiger partial charge in [0.2, 0.25) is 11.8 Å². The predicted molar refractivity (Wildman–Crippen MR) is 157 cm³/mol. The number of ether oxygens (including phenoxy) is 2. The van der Waals surface area contributed by atoms with Gasteiger partial charge < -0.3 is 25.0 Å². The van der Waals surface area contributed by atoms with Gasteiger partial charge in [0.15, 0.2) is 0 Å². The zero-order chi connectivity index (χ0) is 30.6. The molecule has 0 saturated heterocycles. The molecule has 0 fully saturated rings. The van der Waals surface area contributed by atoms with Gasteiger partial charge in [-0.25, -0.2) is 4.79 Å². The summed E-state index contributed by atoms with van der Waals surface area (Å²) in [5.41, 5.74) is 0.282. The molecule has 0 unspecified atom stereocenters. The largest absolute Gasteiger partial charge is 0.468 e. The molecule has 0 radical (unpaired) electrons. The molecule has 3 amide bonds. The Hall–Kier alpha value is -3.88. The molecule has 224 valence electrons. The van der Waals surface area contributed by atoms with Crippen molar-refractivity contribution < 1.29 is 28.7 Å². The third-order valence-corrected chi connectivity index (χ3v) is 7.61. The standard InChI is InChI=1S/C32H45N3O6/c1-8-24(6)28(34-31(39)41-21-26-17-13-10-14-18-26)29(37)35(20-25-15-11-9-12-16-25)32(22(2)3,23(4)5)30(38)33-19-27(36)40-7/h9-18,22-24,28H,8,19-21H2,1-7H3,(H,33,38)(H,34,39)/t24-,28-/m0/s1. The van der Waals surface area contributed by atoms with Gasteiger partial charge in [0.05, 0.1) is 7.11 Å². The molecule has 9 nitrogen and oxygen atoms in total. The van der Waals surface area contributed by atoms with E-state index in [1.807, 2.05) is 102 Å². The van der Waals surface area contributed by atoms with Gasteiger partial charge in [0.25, 0.3) is 0 Å². The molecule has 9 heteroatoms. The van der Waals surface area contributed by atoms with Crippen LogP contribution in [0.25, 0.3) is 0 Å². The highest BCUT2D eigenvalue weighted by molar-refractivity contribution is 5.96. The lowest BCUT2D eigenvalue weighted by Crippen LogP contribution is -2.69. The molecule has 2 N–H and O–H groups in total. The van der Waals surface area contributed by atoms with Gasteiger partial charge in [-0.2, -0.15) is 0 Å². The van der Waals surface area contributed by atoms with Crippen molar-refractivity contribution in [2.24, 2.45) is 17.8 Å². The number of benzene rings is 2. The fourth-order valence-corrected chi connectivity index (χ4v) is 5.20. The Kier molecular flexibility index (Phi) is 12.8. The lowest BCUT2D eigenvalue weighted by atomic mass is 9.73. The number of carbonyl (C=O) groups is 4. The zero-order valence-corrected chi connectivity index (χ0v) is 25.3. The molecule has 0 saturated carbocycles. The van der Waals surface area contributed by atoms with E-state index < -0.39 is 35.5 Å². The summed E-state index contributed by atoms with van der Waals surface area (Å²) in [5.74, 6) is -2.44. The fraction of sp³-hybridized carbons (Fsp3) is 0.500. The summed E-state index contributed by atoms with van der Waals surface area (Å²) in [5, 5.41) is 5.49. The first-order valence-corrected chi connectivity index (χ1v) is 14.2. The maximum atomic E-state index is 14.6. The monoisotopic (exact) mass is 567 g/mol. The molecule has 0 aliphatic carbocycles. The Morgan fingerprint density at radius 1 is 0.854 bits per heavy atom. The average molecular weight is 568 g/mol. The number of hydrogen-bond donors (Lipinski definition) is 2. The van der Waals surface area contributed by atoms with E-state index in [1.54, 1.807) is 4.90 Å². The molecule has 2 atom stereocenters. The number of rotatable bonds is 14. The van der Waals surface area contributed by atoms with Crippen LogP contribution in [0.5, 0.6) is 0 Å². The number of alkyl carbamates (subject to hydrolysis) is 1. The van der Waals surface area contributed by atoms with Gasteiger partial charge >= 0.3 is 12.1 Å². The van der Waals surface area contributed by atoms with Crippen LogP contribution in [-0.2, 0) is 37.0 Å². The summed E-state index contributed by atoms with van der Waals surface area (Å²) in [6.45, 7) is 11.2. The van der Waals surface area contributed by atoms with Crippen LogP contribution in [0.15, 0.2) is 60.7 Å². The van der Waals surface area contributed by atoms with Crippen LogP contribution < -0.4 is 10.6 Å². The van der Waals surface area contributed by atoms with E-state index >= 15 is 0 Å². The van der Waals surface area contributed by atoms with Crippen molar-refractivity contribution in [2.75, 3.05) is 13.7 Å². The highest BCUT2D eigenvalue weighted by Crippen LogP contribution is 2.36. The zero-order valence-electron chi connectivity index (χ0n) is 25.3. The molecular weight excluding hydrogens is 522 g/mol. The number of hydrogen-bond acceptors (Lipinski definition) is 6. The van der Waals surface area contributed by atoms with Crippen LogP contribution in [0.3, 0.4) is 0 Å². The number of amides is 3. The van der Waals surface area contributed by atoms with Gasteiger partial charge in [-0.15, -0.1) is 0 Å². The minimum Gasteiger partial charge on any atom is -0.468 e. The lowest BCUT2D eigenvalue weighted by Gasteiger charge is -2.49. The molecule has 0 heterocycles.